The molecule has 0 unspecified atom stereocenters. The number of aldehydes is 1. The molecule has 1 aliphatic rings. The molecular formula is C19H26N2O. The normalized spacial score (nSPS) is 18.6. The van der Waals surface area contributed by atoms with Crippen LogP contribution in [0.3, 0.4) is 0 Å². The molecule has 1 aliphatic heterocycles. The van der Waals surface area contributed by atoms with Crippen molar-refractivity contribution in [3.05, 3.63) is 35.4 Å². The van der Waals surface area contributed by atoms with Crippen LogP contribution in [-0.4, -0.2) is 29.8 Å². The summed E-state index contributed by atoms with van der Waals surface area (Å²) >= 11 is 0. The Hall–Kier alpha value is -1.66. The fourth-order valence-electron chi connectivity index (χ4n) is 3.23. The number of carbonyl (C=O) groups excluding carboxylic acids is 1. The van der Waals surface area contributed by atoms with E-state index in [1.807, 2.05) is 12.1 Å². The van der Waals surface area contributed by atoms with Gasteiger partial charge < -0.3 is 4.79 Å². The molecule has 0 saturated carbocycles. The third kappa shape index (κ3) is 3.96. The van der Waals surface area contributed by atoms with Crippen molar-refractivity contribution in [1.82, 2.24) is 4.90 Å². The van der Waals surface area contributed by atoms with E-state index in [0.29, 0.717) is 6.42 Å². The summed E-state index contributed by atoms with van der Waals surface area (Å²) in [6.45, 7) is 8.65. The first-order valence-corrected chi connectivity index (χ1v) is 8.05. The highest BCUT2D eigenvalue weighted by Gasteiger charge is 2.37. The van der Waals surface area contributed by atoms with Crippen molar-refractivity contribution in [2.75, 3.05) is 13.1 Å². The Bertz CT molecular complexity index is 540. The third-order valence-electron chi connectivity index (χ3n) is 4.82. The number of nitriles is 1. The van der Waals surface area contributed by atoms with Gasteiger partial charge in [0.2, 0.25) is 0 Å². The fourth-order valence-corrected chi connectivity index (χ4v) is 3.23. The van der Waals surface area contributed by atoms with E-state index in [9.17, 15) is 4.79 Å². The Morgan fingerprint density at radius 3 is 2.18 bits per heavy atom. The molecule has 0 aliphatic carbocycles. The zero-order chi connectivity index (χ0) is 16.2. The molecule has 0 amide bonds. The van der Waals surface area contributed by atoms with Crippen LogP contribution in [0, 0.1) is 16.7 Å². The van der Waals surface area contributed by atoms with Gasteiger partial charge in [0.05, 0.1) is 12.5 Å². The number of benzene rings is 1. The van der Waals surface area contributed by atoms with Gasteiger partial charge in [-0.05, 0) is 64.3 Å². The van der Waals surface area contributed by atoms with Gasteiger partial charge in [0, 0.05) is 11.0 Å². The highest BCUT2D eigenvalue weighted by atomic mass is 16.1. The maximum atomic E-state index is 11.8. The molecule has 118 valence electrons. The quantitative estimate of drug-likeness (QED) is 0.800. The summed E-state index contributed by atoms with van der Waals surface area (Å²) in [6.07, 6.45) is 4.28. The van der Waals surface area contributed by atoms with E-state index in [4.69, 9.17) is 5.26 Å². The van der Waals surface area contributed by atoms with Crippen molar-refractivity contribution in [2.45, 2.75) is 52.0 Å². The molecule has 1 heterocycles. The first-order valence-electron chi connectivity index (χ1n) is 8.05. The summed E-state index contributed by atoms with van der Waals surface area (Å²) in [5.74, 6) is 0. The molecule has 1 aromatic carbocycles. The average Bonchev–Trinajstić information content (AvgIpc) is 2.49. The molecule has 2 rings (SSSR count). The van der Waals surface area contributed by atoms with Gasteiger partial charge in [0.15, 0.2) is 0 Å². The van der Waals surface area contributed by atoms with E-state index in [1.165, 1.54) is 11.8 Å². The SMILES string of the molecule is CC(C)(C)N1CCC(C=O)(Cc2ccc(CC#N)cc2)CC1. The highest BCUT2D eigenvalue weighted by molar-refractivity contribution is 5.60. The number of rotatable bonds is 4. The predicted octanol–water partition coefficient (Wildman–Crippen LogP) is 3.37. The minimum absolute atomic E-state index is 0.175. The van der Waals surface area contributed by atoms with Gasteiger partial charge in [-0.3, -0.25) is 4.90 Å². The minimum atomic E-state index is -0.224. The Labute approximate surface area is 133 Å². The number of likely N-dealkylation sites (tertiary alicyclic amines) is 1. The standard InChI is InChI=1S/C19H26N2O/c1-18(2,3)21-12-9-19(15-22,10-13-21)14-17-6-4-16(5-7-17)8-11-20/h4-7,15H,8-10,12-14H2,1-3H3. The molecule has 0 atom stereocenters. The minimum Gasteiger partial charge on any atom is -0.303 e. The van der Waals surface area contributed by atoms with Gasteiger partial charge in [0.25, 0.3) is 0 Å². The molecule has 3 heteroatoms. The summed E-state index contributed by atoms with van der Waals surface area (Å²) in [5.41, 5.74) is 2.18. The molecule has 0 N–H and O–H groups in total. The monoisotopic (exact) mass is 298 g/mol. The lowest BCUT2D eigenvalue weighted by molar-refractivity contribution is -0.119. The number of piperidine rings is 1. The van der Waals surface area contributed by atoms with Crippen molar-refractivity contribution < 1.29 is 4.79 Å². The first-order chi connectivity index (χ1) is 10.4. The number of hydrogen-bond acceptors (Lipinski definition) is 3. The second-order valence-electron chi connectivity index (χ2n) is 7.47. The van der Waals surface area contributed by atoms with Crippen molar-refractivity contribution in [3.63, 3.8) is 0 Å². The van der Waals surface area contributed by atoms with Crippen LogP contribution in [0.1, 0.15) is 44.7 Å². The largest absolute Gasteiger partial charge is 0.303 e. The van der Waals surface area contributed by atoms with E-state index in [1.54, 1.807) is 0 Å². The van der Waals surface area contributed by atoms with Crippen LogP contribution in [0.15, 0.2) is 24.3 Å². The number of nitrogens with zero attached hydrogens (tertiary/aromatic N) is 2. The van der Waals surface area contributed by atoms with Gasteiger partial charge >= 0.3 is 0 Å². The van der Waals surface area contributed by atoms with Crippen LogP contribution >= 0.6 is 0 Å². The van der Waals surface area contributed by atoms with E-state index in [-0.39, 0.29) is 11.0 Å². The Balaban J connectivity index is 2.04. The predicted molar refractivity (Wildman–Crippen MR) is 88.5 cm³/mol. The molecule has 0 bridgehead atoms. The second kappa shape index (κ2) is 6.62. The van der Waals surface area contributed by atoms with Crippen LogP contribution < -0.4 is 0 Å². The number of carbonyl (C=O) groups is 1. The highest BCUT2D eigenvalue weighted by Crippen LogP contribution is 2.35. The zero-order valence-electron chi connectivity index (χ0n) is 13.9. The Morgan fingerprint density at radius 1 is 1.18 bits per heavy atom. The lowest BCUT2D eigenvalue weighted by Crippen LogP contribution is -2.50. The summed E-state index contributed by atoms with van der Waals surface area (Å²) in [7, 11) is 0. The summed E-state index contributed by atoms with van der Waals surface area (Å²) in [4.78, 5) is 14.2. The van der Waals surface area contributed by atoms with Gasteiger partial charge in [-0.2, -0.15) is 5.26 Å². The van der Waals surface area contributed by atoms with Crippen LogP contribution in [-0.2, 0) is 17.6 Å². The Morgan fingerprint density at radius 2 is 1.73 bits per heavy atom. The van der Waals surface area contributed by atoms with Crippen molar-refractivity contribution in [3.8, 4) is 6.07 Å². The lowest BCUT2D eigenvalue weighted by Gasteiger charge is -2.44. The van der Waals surface area contributed by atoms with E-state index in [2.05, 4.69) is 43.9 Å². The van der Waals surface area contributed by atoms with Crippen molar-refractivity contribution in [2.24, 2.45) is 5.41 Å². The molecule has 3 nitrogen and oxygen atoms in total. The van der Waals surface area contributed by atoms with Gasteiger partial charge in [-0.1, -0.05) is 24.3 Å². The molecule has 0 aromatic heterocycles. The molecule has 1 fully saturated rings. The van der Waals surface area contributed by atoms with Crippen LogP contribution in [0.25, 0.3) is 0 Å². The van der Waals surface area contributed by atoms with E-state index < -0.39 is 0 Å². The molecular weight excluding hydrogens is 272 g/mol. The second-order valence-corrected chi connectivity index (χ2v) is 7.47. The summed E-state index contributed by atoms with van der Waals surface area (Å²) in [6, 6.07) is 10.3. The van der Waals surface area contributed by atoms with Crippen molar-refractivity contribution in [1.29, 1.82) is 5.26 Å². The van der Waals surface area contributed by atoms with Crippen LogP contribution in [0.5, 0.6) is 0 Å². The van der Waals surface area contributed by atoms with E-state index in [0.717, 1.165) is 37.9 Å². The fraction of sp³-hybridized carbons (Fsp3) is 0.579. The molecule has 0 spiro atoms. The number of hydrogen-bond donors (Lipinski definition) is 0. The maximum Gasteiger partial charge on any atom is 0.126 e. The smallest absolute Gasteiger partial charge is 0.126 e. The Kier molecular flexibility index (Phi) is 5.03. The van der Waals surface area contributed by atoms with Crippen LogP contribution in [0.4, 0.5) is 0 Å². The first kappa shape index (κ1) is 16.7. The third-order valence-corrected chi connectivity index (χ3v) is 4.82. The van der Waals surface area contributed by atoms with Gasteiger partial charge in [0.1, 0.15) is 6.29 Å². The van der Waals surface area contributed by atoms with Crippen LogP contribution in [0.2, 0.25) is 0 Å². The molecule has 0 radical (unpaired) electrons. The van der Waals surface area contributed by atoms with E-state index >= 15 is 0 Å². The topological polar surface area (TPSA) is 44.1 Å². The lowest BCUT2D eigenvalue weighted by atomic mass is 9.74. The molecule has 22 heavy (non-hydrogen) atoms. The maximum absolute atomic E-state index is 11.8. The molecule has 1 saturated heterocycles. The summed E-state index contributed by atoms with van der Waals surface area (Å²) in [5, 5.41) is 8.72. The summed E-state index contributed by atoms with van der Waals surface area (Å²) < 4.78 is 0. The molecule has 1 aromatic rings. The van der Waals surface area contributed by atoms with Gasteiger partial charge in [-0.15, -0.1) is 0 Å². The average molecular weight is 298 g/mol. The van der Waals surface area contributed by atoms with Crippen molar-refractivity contribution >= 4 is 6.29 Å². The zero-order valence-corrected chi connectivity index (χ0v) is 13.9. The van der Waals surface area contributed by atoms with Gasteiger partial charge in [-0.25, -0.2) is 0 Å².